The van der Waals surface area contributed by atoms with Crippen LogP contribution in [0.1, 0.15) is 27.0 Å². The Morgan fingerprint density at radius 2 is 1.56 bits per heavy atom. The van der Waals surface area contributed by atoms with Crippen LogP contribution in [0.2, 0.25) is 0 Å². The van der Waals surface area contributed by atoms with Crippen molar-refractivity contribution in [3.05, 3.63) is 106 Å². The number of nitrogens with zero attached hydrogens (tertiary/aromatic N) is 2. The van der Waals surface area contributed by atoms with Gasteiger partial charge in [0.1, 0.15) is 6.54 Å². The summed E-state index contributed by atoms with van der Waals surface area (Å²) in [6.07, 6.45) is 0. The fourth-order valence-electron chi connectivity index (χ4n) is 3.50. The molecule has 0 saturated heterocycles. The van der Waals surface area contributed by atoms with E-state index in [0.717, 1.165) is 22.0 Å². The van der Waals surface area contributed by atoms with Gasteiger partial charge in [-0.1, -0.05) is 72.3 Å². The summed E-state index contributed by atoms with van der Waals surface area (Å²) in [5.74, 6) is -1.48. The van der Waals surface area contributed by atoms with E-state index in [1.54, 1.807) is 23.5 Å². The van der Waals surface area contributed by atoms with Gasteiger partial charge in [0.15, 0.2) is 5.13 Å². The van der Waals surface area contributed by atoms with Crippen LogP contribution in [0.3, 0.4) is 0 Å². The summed E-state index contributed by atoms with van der Waals surface area (Å²) in [6.45, 7) is 2.98. The zero-order valence-electron chi connectivity index (χ0n) is 18.8. The lowest BCUT2D eigenvalue weighted by Gasteiger charge is -2.22. The molecular weight excluding hydrogens is 446 g/mol. The number of aryl methyl sites for hydroxylation is 1. The molecule has 1 heterocycles. The second-order valence-electron chi connectivity index (χ2n) is 8.00. The first kappa shape index (κ1) is 23.2. The zero-order chi connectivity index (χ0) is 23.9. The summed E-state index contributed by atoms with van der Waals surface area (Å²) in [5, 5.41) is 14.1. The normalized spacial score (nSPS) is 10.6. The van der Waals surface area contributed by atoms with Gasteiger partial charge in [-0.25, -0.2) is 4.98 Å². The topological polar surface area (TPSA) is 82.5 Å². The molecule has 0 radical (unpaired) electrons. The van der Waals surface area contributed by atoms with E-state index >= 15 is 0 Å². The molecule has 0 unspecified atom stereocenters. The Morgan fingerprint density at radius 1 is 0.912 bits per heavy atom. The third-order valence-corrected chi connectivity index (χ3v) is 6.22. The van der Waals surface area contributed by atoms with Crippen molar-refractivity contribution in [3.63, 3.8) is 0 Å². The van der Waals surface area contributed by atoms with Gasteiger partial charge in [0.05, 0.1) is 5.69 Å². The fourth-order valence-corrected chi connectivity index (χ4v) is 4.34. The number of amides is 1. The molecule has 0 aliphatic rings. The summed E-state index contributed by atoms with van der Waals surface area (Å²) < 4.78 is 0. The average molecular weight is 472 g/mol. The zero-order valence-corrected chi connectivity index (χ0v) is 19.6. The van der Waals surface area contributed by atoms with Gasteiger partial charge in [0.25, 0.3) is 5.91 Å². The largest absolute Gasteiger partial charge is 0.480 e. The van der Waals surface area contributed by atoms with Crippen molar-refractivity contribution in [2.75, 3.05) is 11.4 Å². The van der Waals surface area contributed by atoms with Gasteiger partial charge in [-0.05, 0) is 30.2 Å². The number of anilines is 1. The van der Waals surface area contributed by atoms with Gasteiger partial charge < -0.3 is 15.3 Å². The Labute approximate surface area is 202 Å². The lowest BCUT2D eigenvalue weighted by Crippen LogP contribution is -2.29. The molecule has 0 aliphatic heterocycles. The molecule has 0 spiro atoms. The third-order valence-electron chi connectivity index (χ3n) is 5.32. The first-order valence-electron chi connectivity index (χ1n) is 10.9. The molecular formula is C27H25N3O3S. The predicted octanol–water partition coefficient (Wildman–Crippen LogP) is 5.14. The van der Waals surface area contributed by atoms with Crippen molar-refractivity contribution < 1.29 is 14.7 Å². The summed E-state index contributed by atoms with van der Waals surface area (Å²) >= 11 is 1.61. The van der Waals surface area contributed by atoms with E-state index in [1.165, 1.54) is 11.1 Å². The molecule has 0 aliphatic carbocycles. The molecule has 0 bridgehead atoms. The van der Waals surface area contributed by atoms with E-state index in [4.69, 9.17) is 10.1 Å². The number of nitrogens with one attached hydrogen (secondary N) is 1. The molecule has 2 N–H and O–H groups in total. The number of hydrogen-bond donors (Lipinski definition) is 2. The molecule has 4 aromatic rings. The molecule has 7 heteroatoms. The van der Waals surface area contributed by atoms with Crippen molar-refractivity contribution in [2.45, 2.75) is 20.0 Å². The number of aromatic nitrogens is 1. The van der Waals surface area contributed by atoms with Gasteiger partial charge in [-0.2, -0.15) is 0 Å². The minimum Gasteiger partial charge on any atom is -0.480 e. The first-order chi connectivity index (χ1) is 16.5. The van der Waals surface area contributed by atoms with E-state index in [1.807, 2.05) is 30.3 Å². The SMILES string of the molecule is Cc1ccc(-c2csc(N(Cc3ccccc3)Cc3ccc(C(=O)NCC(=O)O)cc3)n2)cc1. The van der Waals surface area contributed by atoms with Gasteiger partial charge in [0, 0.05) is 29.6 Å². The highest BCUT2D eigenvalue weighted by atomic mass is 32.1. The van der Waals surface area contributed by atoms with E-state index in [0.29, 0.717) is 18.7 Å². The maximum Gasteiger partial charge on any atom is 0.322 e. The van der Waals surface area contributed by atoms with Crippen LogP contribution in [0.5, 0.6) is 0 Å². The number of carbonyl (C=O) groups excluding carboxylic acids is 1. The molecule has 4 rings (SSSR count). The molecule has 1 amide bonds. The molecule has 0 saturated carbocycles. The second-order valence-corrected chi connectivity index (χ2v) is 8.83. The molecule has 3 aromatic carbocycles. The van der Waals surface area contributed by atoms with E-state index < -0.39 is 18.4 Å². The van der Waals surface area contributed by atoms with Crippen LogP contribution in [-0.4, -0.2) is 28.5 Å². The number of thiazole rings is 1. The maximum atomic E-state index is 12.1. The van der Waals surface area contributed by atoms with Crippen molar-refractivity contribution in [1.82, 2.24) is 10.3 Å². The second kappa shape index (κ2) is 10.8. The molecule has 6 nitrogen and oxygen atoms in total. The Bertz CT molecular complexity index is 1250. The number of rotatable bonds is 9. The van der Waals surface area contributed by atoms with Gasteiger partial charge in [-0.3, -0.25) is 9.59 Å². The fraction of sp³-hybridized carbons (Fsp3) is 0.148. The number of carboxylic acids is 1. The minimum absolute atomic E-state index is 0.404. The molecule has 0 atom stereocenters. The van der Waals surface area contributed by atoms with Gasteiger partial charge in [0.2, 0.25) is 0 Å². The van der Waals surface area contributed by atoms with Gasteiger partial charge in [-0.15, -0.1) is 11.3 Å². The number of hydrogen-bond acceptors (Lipinski definition) is 5. The van der Waals surface area contributed by atoms with Crippen molar-refractivity contribution in [3.8, 4) is 11.3 Å². The van der Waals surface area contributed by atoms with Crippen molar-refractivity contribution >= 4 is 28.3 Å². The number of carboxylic acid groups (broad SMARTS) is 1. The highest BCUT2D eigenvalue weighted by molar-refractivity contribution is 7.14. The molecule has 0 fully saturated rings. The Balaban J connectivity index is 1.54. The predicted molar refractivity (Wildman–Crippen MR) is 135 cm³/mol. The first-order valence-corrected chi connectivity index (χ1v) is 11.8. The van der Waals surface area contributed by atoms with E-state index in [-0.39, 0.29) is 0 Å². The maximum absolute atomic E-state index is 12.1. The Kier molecular flexibility index (Phi) is 7.34. The lowest BCUT2D eigenvalue weighted by molar-refractivity contribution is -0.135. The molecule has 34 heavy (non-hydrogen) atoms. The highest BCUT2D eigenvalue weighted by Crippen LogP contribution is 2.30. The van der Waals surface area contributed by atoms with Crippen LogP contribution in [0.25, 0.3) is 11.3 Å². The van der Waals surface area contributed by atoms with Crippen LogP contribution in [0.15, 0.2) is 84.2 Å². The highest BCUT2D eigenvalue weighted by Gasteiger charge is 2.15. The van der Waals surface area contributed by atoms with E-state index in [9.17, 15) is 9.59 Å². The summed E-state index contributed by atoms with van der Waals surface area (Å²) in [6, 6.07) is 25.8. The molecule has 1 aromatic heterocycles. The van der Waals surface area contributed by atoms with Crippen LogP contribution < -0.4 is 10.2 Å². The van der Waals surface area contributed by atoms with Crippen molar-refractivity contribution in [2.24, 2.45) is 0 Å². The van der Waals surface area contributed by atoms with Crippen LogP contribution in [-0.2, 0) is 17.9 Å². The van der Waals surface area contributed by atoms with Crippen molar-refractivity contribution in [1.29, 1.82) is 0 Å². The van der Waals surface area contributed by atoms with Gasteiger partial charge >= 0.3 is 5.97 Å². The minimum atomic E-state index is -1.07. The molecule has 172 valence electrons. The van der Waals surface area contributed by atoms with E-state index in [2.05, 4.69) is 58.9 Å². The monoisotopic (exact) mass is 471 g/mol. The van der Waals surface area contributed by atoms with Crippen LogP contribution in [0, 0.1) is 6.92 Å². The summed E-state index contributed by atoms with van der Waals surface area (Å²) in [4.78, 5) is 29.9. The Morgan fingerprint density at radius 3 is 2.21 bits per heavy atom. The lowest BCUT2D eigenvalue weighted by atomic mass is 10.1. The number of carbonyl (C=O) groups is 2. The number of aliphatic carboxylic acids is 1. The summed E-state index contributed by atoms with van der Waals surface area (Å²) in [7, 11) is 0. The summed E-state index contributed by atoms with van der Waals surface area (Å²) in [5.41, 5.74) is 5.88. The van der Waals surface area contributed by atoms with Crippen LogP contribution in [0.4, 0.5) is 5.13 Å². The average Bonchev–Trinajstić information content (AvgIpc) is 3.34. The van der Waals surface area contributed by atoms with Crippen LogP contribution >= 0.6 is 11.3 Å². The Hall–Kier alpha value is -3.97. The smallest absolute Gasteiger partial charge is 0.322 e. The third kappa shape index (κ3) is 6.08. The number of benzene rings is 3. The standard InChI is InChI=1S/C27H25N3O3S/c1-19-7-11-22(12-8-19)24-18-34-27(29-24)30(16-20-5-3-2-4-6-20)17-21-9-13-23(14-10-21)26(33)28-15-25(31)32/h2-14,18H,15-17H2,1H3,(H,28,33)(H,31,32). The quantitative estimate of drug-likeness (QED) is 0.353.